The Labute approximate surface area is 210 Å². The third-order valence-electron chi connectivity index (χ3n) is 7.07. The van der Waals surface area contributed by atoms with Crippen molar-refractivity contribution < 1.29 is 18.7 Å². The van der Waals surface area contributed by atoms with Gasteiger partial charge in [0.1, 0.15) is 18.5 Å². The summed E-state index contributed by atoms with van der Waals surface area (Å²) >= 11 is 0. The first-order valence-corrected chi connectivity index (χ1v) is 12.6. The second-order valence-electron chi connectivity index (χ2n) is 9.71. The number of oxazole rings is 1. The van der Waals surface area contributed by atoms with Crippen molar-refractivity contribution in [2.45, 2.75) is 31.8 Å². The van der Waals surface area contributed by atoms with Gasteiger partial charge in [-0.3, -0.25) is 0 Å². The van der Waals surface area contributed by atoms with Crippen LogP contribution in [0.1, 0.15) is 30.1 Å². The lowest BCUT2D eigenvalue weighted by atomic mass is 9.88. The molecule has 3 aromatic carbocycles. The van der Waals surface area contributed by atoms with Crippen molar-refractivity contribution in [3.63, 3.8) is 0 Å². The molecule has 184 valence electrons. The highest BCUT2D eigenvalue weighted by atomic mass is 16.5. The Morgan fingerprint density at radius 3 is 2.58 bits per heavy atom. The van der Waals surface area contributed by atoms with E-state index in [1.165, 1.54) is 16.3 Å². The van der Waals surface area contributed by atoms with Crippen molar-refractivity contribution in [2.75, 3.05) is 26.2 Å². The molecule has 0 amide bonds. The van der Waals surface area contributed by atoms with E-state index < -0.39 is 6.10 Å². The molecule has 6 rings (SSSR count). The van der Waals surface area contributed by atoms with Gasteiger partial charge in [0.15, 0.2) is 17.1 Å². The molecule has 2 aromatic heterocycles. The number of hydrogen-bond donors (Lipinski definition) is 1. The zero-order chi connectivity index (χ0) is 24.5. The Bertz CT molecular complexity index is 1480. The summed E-state index contributed by atoms with van der Waals surface area (Å²) in [4.78, 5) is 6.58. The minimum absolute atomic E-state index is 0.206. The summed E-state index contributed by atoms with van der Waals surface area (Å²) in [6, 6.07) is 23.0. The number of furan rings is 1. The summed E-state index contributed by atoms with van der Waals surface area (Å²) in [5.74, 6) is 2.91. The molecule has 0 radical (unpaired) electrons. The molecule has 1 N–H and O–H groups in total. The van der Waals surface area contributed by atoms with Crippen LogP contribution in [-0.2, 0) is 0 Å². The molecule has 1 saturated heterocycles. The first-order chi connectivity index (χ1) is 17.6. The number of hydrogen-bond acceptors (Lipinski definition) is 6. The third-order valence-corrected chi connectivity index (χ3v) is 7.07. The first-order valence-electron chi connectivity index (χ1n) is 12.6. The van der Waals surface area contributed by atoms with E-state index in [0.717, 1.165) is 37.1 Å². The normalized spacial score (nSPS) is 16.1. The number of likely N-dealkylation sites (tertiary alicyclic amines) is 1. The zero-order valence-corrected chi connectivity index (χ0v) is 20.4. The molecular weight excluding hydrogens is 452 g/mol. The van der Waals surface area contributed by atoms with Crippen molar-refractivity contribution in [2.24, 2.45) is 0 Å². The number of aryl methyl sites for hydroxylation is 1. The highest BCUT2D eigenvalue weighted by molar-refractivity contribution is 5.86. The van der Waals surface area contributed by atoms with Gasteiger partial charge in [-0.05, 0) is 67.2 Å². The van der Waals surface area contributed by atoms with Crippen molar-refractivity contribution in [3.05, 3.63) is 84.3 Å². The molecule has 0 unspecified atom stereocenters. The van der Waals surface area contributed by atoms with Crippen LogP contribution in [0.3, 0.4) is 0 Å². The van der Waals surface area contributed by atoms with Crippen molar-refractivity contribution >= 4 is 21.7 Å². The van der Waals surface area contributed by atoms with E-state index in [4.69, 9.17) is 13.6 Å². The SMILES string of the molecule is Cc1cnc(-c2cc3cccc(OC[C@@H](O)CN4CCC(c5ccc6ccccc6c5)CC4)c3o2)o1. The number of rotatable bonds is 7. The quantitative estimate of drug-likeness (QED) is 0.299. The van der Waals surface area contributed by atoms with Crippen molar-refractivity contribution in [3.8, 4) is 17.4 Å². The highest BCUT2D eigenvalue weighted by Gasteiger charge is 2.23. The maximum absolute atomic E-state index is 10.7. The molecule has 3 heterocycles. The van der Waals surface area contributed by atoms with Crippen LogP contribution in [0.25, 0.3) is 33.4 Å². The Morgan fingerprint density at radius 2 is 1.78 bits per heavy atom. The molecular formula is C30H30N2O4. The van der Waals surface area contributed by atoms with E-state index in [1.807, 2.05) is 31.2 Å². The van der Waals surface area contributed by atoms with Crippen molar-refractivity contribution in [1.82, 2.24) is 9.88 Å². The van der Waals surface area contributed by atoms with Crippen LogP contribution in [0.15, 0.2) is 81.8 Å². The number of ether oxygens (including phenoxy) is 1. The molecule has 1 aliphatic heterocycles. The van der Waals surface area contributed by atoms with E-state index in [0.29, 0.717) is 35.4 Å². The largest absolute Gasteiger partial charge is 0.487 e. The smallest absolute Gasteiger partial charge is 0.263 e. The highest BCUT2D eigenvalue weighted by Crippen LogP contribution is 2.34. The molecule has 0 aliphatic carbocycles. The average molecular weight is 483 g/mol. The number of para-hydroxylation sites is 1. The fraction of sp³-hybridized carbons (Fsp3) is 0.300. The average Bonchev–Trinajstić information content (AvgIpc) is 3.54. The molecule has 36 heavy (non-hydrogen) atoms. The fourth-order valence-electron chi connectivity index (χ4n) is 5.17. The van der Waals surface area contributed by atoms with Gasteiger partial charge in [-0.15, -0.1) is 0 Å². The van der Waals surface area contributed by atoms with Crippen LogP contribution in [0.2, 0.25) is 0 Å². The maximum Gasteiger partial charge on any atom is 0.263 e. The lowest BCUT2D eigenvalue weighted by Crippen LogP contribution is -2.40. The van der Waals surface area contributed by atoms with E-state index in [-0.39, 0.29) is 6.61 Å². The van der Waals surface area contributed by atoms with Gasteiger partial charge in [0, 0.05) is 11.9 Å². The van der Waals surface area contributed by atoms with Crippen molar-refractivity contribution in [1.29, 1.82) is 0 Å². The monoisotopic (exact) mass is 482 g/mol. The molecule has 1 aliphatic rings. The van der Waals surface area contributed by atoms with E-state index in [1.54, 1.807) is 6.20 Å². The van der Waals surface area contributed by atoms with Gasteiger partial charge < -0.3 is 23.6 Å². The zero-order valence-electron chi connectivity index (χ0n) is 20.4. The number of aliphatic hydroxyl groups is 1. The van der Waals surface area contributed by atoms with E-state index in [2.05, 4.69) is 52.3 Å². The predicted octanol–water partition coefficient (Wildman–Crippen LogP) is 6.17. The topological polar surface area (TPSA) is 71.9 Å². The number of piperidine rings is 1. The lowest BCUT2D eigenvalue weighted by Gasteiger charge is -2.33. The predicted molar refractivity (Wildman–Crippen MR) is 140 cm³/mol. The number of aliphatic hydroxyl groups excluding tert-OH is 1. The fourth-order valence-corrected chi connectivity index (χ4v) is 5.17. The lowest BCUT2D eigenvalue weighted by molar-refractivity contribution is 0.0596. The Morgan fingerprint density at radius 1 is 0.972 bits per heavy atom. The number of nitrogens with zero attached hydrogens (tertiary/aromatic N) is 2. The summed E-state index contributed by atoms with van der Waals surface area (Å²) in [5, 5.41) is 14.2. The van der Waals surface area contributed by atoms with Crippen LogP contribution < -0.4 is 4.74 Å². The standard InChI is InChI=1S/C30H30N2O4/c1-20-17-31-30(35-20)28-16-25-7-4-8-27(29(25)36-28)34-19-26(33)18-32-13-11-22(12-14-32)24-10-9-21-5-2-3-6-23(21)15-24/h2-10,15-17,22,26,33H,11-14,18-19H2,1H3/t26-/m0/s1. The molecule has 1 atom stereocenters. The molecule has 1 fully saturated rings. The molecule has 0 bridgehead atoms. The summed E-state index contributed by atoms with van der Waals surface area (Å²) in [6.07, 6.45) is 3.28. The van der Waals surface area contributed by atoms with Crippen LogP contribution in [0, 0.1) is 6.92 Å². The molecule has 0 spiro atoms. The second-order valence-corrected chi connectivity index (χ2v) is 9.71. The minimum atomic E-state index is -0.582. The van der Waals surface area contributed by atoms with Crippen LogP contribution in [0.5, 0.6) is 5.75 Å². The van der Waals surface area contributed by atoms with Gasteiger partial charge in [-0.2, -0.15) is 0 Å². The number of β-amino-alcohol motifs (C(OH)–C–C–N with tert-alkyl or cyclic N) is 1. The Balaban J connectivity index is 1.04. The Hall–Kier alpha value is -3.61. The number of aromatic nitrogens is 1. The minimum Gasteiger partial charge on any atom is -0.487 e. The van der Waals surface area contributed by atoms with E-state index in [9.17, 15) is 5.11 Å². The van der Waals surface area contributed by atoms with E-state index >= 15 is 0 Å². The Kier molecular flexibility index (Phi) is 6.21. The third kappa shape index (κ3) is 4.74. The van der Waals surface area contributed by atoms with Crippen LogP contribution in [0.4, 0.5) is 0 Å². The van der Waals surface area contributed by atoms with Gasteiger partial charge >= 0.3 is 0 Å². The van der Waals surface area contributed by atoms with Crippen LogP contribution >= 0.6 is 0 Å². The van der Waals surface area contributed by atoms with Gasteiger partial charge in [0.2, 0.25) is 0 Å². The summed E-state index contributed by atoms with van der Waals surface area (Å²) in [6.45, 7) is 4.60. The number of benzene rings is 3. The van der Waals surface area contributed by atoms with Gasteiger partial charge in [0.05, 0.1) is 6.20 Å². The maximum atomic E-state index is 10.7. The molecule has 5 aromatic rings. The second kappa shape index (κ2) is 9.80. The van der Waals surface area contributed by atoms with Gasteiger partial charge in [-0.1, -0.05) is 54.6 Å². The van der Waals surface area contributed by atoms with Gasteiger partial charge in [0.25, 0.3) is 5.89 Å². The van der Waals surface area contributed by atoms with Crippen LogP contribution in [-0.4, -0.2) is 47.3 Å². The molecule has 0 saturated carbocycles. The molecule has 6 heteroatoms. The summed E-state index contributed by atoms with van der Waals surface area (Å²) in [5.41, 5.74) is 2.05. The van der Waals surface area contributed by atoms with Gasteiger partial charge in [-0.25, -0.2) is 4.98 Å². The number of fused-ring (bicyclic) bond motifs is 2. The summed E-state index contributed by atoms with van der Waals surface area (Å²) < 4.78 is 17.6. The molecule has 6 nitrogen and oxygen atoms in total. The summed E-state index contributed by atoms with van der Waals surface area (Å²) in [7, 11) is 0. The first kappa shape index (κ1) is 22.8.